The van der Waals surface area contributed by atoms with Crippen LogP contribution in [0.15, 0.2) is 42.5 Å². The fraction of sp³-hybridized carbons (Fsp3) is 0.364. The van der Waals surface area contributed by atoms with Crippen LogP contribution in [-0.4, -0.2) is 43.1 Å². The third-order valence-corrected chi connectivity index (χ3v) is 5.69. The summed E-state index contributed by atoms with van der Waals surface area (Å²) in [5.74, 6) is 0.669. The highest BCUT2D eigenvalue weighted by Gasteiger charge is 2.35. The molecule has 6 nitrogen and oxygen atoms in total. The number of nitrogens with zero attached hydrogens (tertiary/aromatic N) is 2. The van der Waals surface area contributed by atoms with Crippen molar-refractivity contribution in [2.75, 3.05) is 30.4 Å². The maximum Gasteiger partial charge on any atom is 0.322 e. The maximum absolute atomic E-state index is 12.9. The Morgan fingerprint density at radius 3 is 2.64 bits per heavy atom. The molecule has 1 N–H and O–H groups in total. The minimum absolute atomic E-state index is 0.0788. The number of amides is 3. The number of fused-ring (bicyclic) bond motifs is 1. The van der Waals surface area contributed by atoms with Gasteiger partial charge in [-0.3, -0.25) is 4.79 Å². The molecule has 1 aliphatic heterocycles. The van der Waals surface area contributed by atoms with Gasteiger partial charge in [0.2, 0.25) is 5.91 Å². The third kappa shape index (κ3) is 3.30. The Labute approximate surface area is 165 Å². The Kier molecular flexibility index (Phi) is 4.94. The third-order valence-electron chi connectivity index (χ3n) is 5.69. The fourth-order valence-corrected chi connectivity index (χ4v) is 4.09. The summed E-state index contributed by atoms with van der Waals surface area (Å²) < 4.78 is 5.18. The quantitative estimate of drug-likeness (QED) is 0.888. The summed E-state index contributed by atoms with van der Waals surface area (Å²) in [5, 5.41) is 3.03. The monoisotopic (exact) mass is 379 g/mol. The molecule has 0 radical (unpaired) electrons. The number of anilines is 2. The standard InChI is InChI=1S/C22H25N3O3/c1-15-21(26)25(17-9-11-18(28-2)12-10-17)14-13-24(15)22(27)23-20-8-4-6-16-5-3-7-19(16)20/h4,6,8-12,15H,3,5,7,13-14H2,1-2H3,(H,23,27). The van der Waals surface area contributed by atoms with Gasteiger partial charge in [-0.15, -0.1) is 0 Å². The molecule has 28 heavy (non-hydrogen) atoms. The Hall–Kier alpha value is -3.02. The molecule has 1 aliphatic carbocycles. The van der Waals surface area contributed by atoms with Crippen molar-refractivity contribution in [2.45, 2.75) is 32.2 Å². The van der Waals surface area contributed by atoms with Gasteiger partial charge in [-0.25, -0.2) is 4.79 Å². The highest BCUT2D eigenvalue weighted by atomic mass is 16.5. The van der Waals surface area contributed by atoms with Crippen LogP contribution in [0.3, 0.4) is 0 Å². The van der Waals surface area contributed by atoms with Crippen LogP contribution in [-0.2, 0) is 17.6 Å². The summed E-state index contributed by atoms with van der Waals surface area (Å²) in [6.07, 6.45) is 3.18. The van der Waals surface area contributed by atoms with Crippen molar-refractivity contribution in [3.63, 3.8) is 0 Å². The average Bonchev–Trinajstić information content (AvgIpc) is 3.20. The van der Waals surface area contributed by atoms with E-state index in [9.17, 15) is 9.59 Å². The largest absolute Gasteiger partial charge is 0.497 e. The first kappa shape index (κ1) is 18.3. The molecule has 3 amide bonds. The summed E-state index contributed by atoms with van der Waals surface area (Å²) in [7, 11) is 1.61. The van der Waals surface area contributed by atoms with E-state index in [1.807, 2.05) is 36.4 Å². The van der Waals surface area contributed by atoms with Gasteiger partial charge in [0.25, 0.3) is 0 Å². The van der Waals surface area contributed by atoms with Gasteiger partial charge in [0.15, 0.2) is 0 Å². The summed E-state index contributed by atoms with van der Waals surface area (Å²) in [6, 6.07) is 12.7. The van der Waals surface area contributed by atoms with Gasteiger partial charge in [-0.2, -0.15) is 0 Å². The molecule has 4 rings (SSSR count). The zero-order chi connectivity index (χ0) is 19.7. The van der Waals surface area contributed by atoms with Crippen molar-refractivity contribution in [3.05, 3.63) is 53.6 Å². The van der Waals surface area contributed by atoms with Gasteiger partial charge in [-0.05, 0) is 67.6 Å². The van der Waals surface area contributed by atoms with Gasteiger partial charge >= 0.3 is 6.03 Å². The Balaban J connectivity index is 1.46. The van der Waals surface area contributed by atoms with Crippen LogP contribution < -0.4 is 15.0 Å². The van der Waals surface area contributed by atoms with Crippen molar-refractivity contribution in [1.29, 1.82) is 0 Å². The predicted molar refractivity (Wildman–Crippen MR) is 109 cm³/mol. The summed E-state index contributed by atoms with van der Waals surface area (Å²) in [5.41, 5.74) is 4.23. The zero-order valence-corrected chi connectivity index (χ0v) is 16.3. The normalized spacial score (nSPS) is 18.8. The number of benzene rings is 2. The van der Waals surface area contributed by atoms with E-state index >= 15 is 0 Å². The van der Waals surface area contributed by atoms with E-state index in [-0.39, 0.29) is 11.9 Å². The second kappa shape index (κ2) is 7.54. The Morgan fingerprint density at radius 2 is 1.89 bits per heavy atom. The number of urea groups is 1. The second-order valence-corrected chi connectivity index (χ2v) is 7.28. The van der Waals surface area contributed by atoms with E-state index in [0.29, 0.717) is 13.1 Å². The maximum atomic E-state index is 12.9. The average molecular weight is 379 g/mol. The van der Waals surface area contributed by atoms with Crippen molar-refractivity contribution >= 4 is 23.3 Å². The first-order chi connectivity index (χ1) is 13.6. The van der Waals surface area contributed by atoms with Crippen molar-refractivity contribution in [2.24, 2.45) is 0 Å². The van der Waals surface area contributed by atoms with E-state index in [4.69, 9.17) is 4.74 Å². The van der Waals surface area contributed by atoms with Crippen LogP contribution in [0.25, 0.3) is 0 Å². The number of hydrogen-bond donors (Lipinski definition) is 1. The van der Waals surface area contributed by atoms with Crippen LogP contribution in [0, 0.1) is 0 Å². The zero-order valence-electron chi connectivity index (χ0n) is 16.3. The van der Waals surface area contributed by atoms with Gasteiger partial charge in [0.1, 0.15) is 11.8 Å². The molecule has 0 saturated carbocycles. The number of piperazine rings is 1. The van der Waals surface area contributed by atoms with E-state index in [0.717, 1.165) is 36.4 Å². The SMILES string of the molecule is COc1ccc(N2CCN(C(=O)Nc3cccc4c3CCC4)C(C)C2=O)cc1. The first-order valence-electron chi connectivity index (χ1n) is 9.72. The lowest BCUT2D eigenvalue weighted by Gasteiger charge is -2.39. The number of aryl methyl sites for hydroxylation is 1. The van der Waals surface area contributed by atoms with Crippen molar-refractivity contribution in [3.8, 4) is 5.75 Å². The molecule has 2 aromatic rings. The highest BCUT2D eigenvalue weighted by molar-refractivity contribution is 6.02. The van der Waals surface area contributed by atoms with E-state index in [1.54, 1.807) is 23.8 Å². The minimum Gasteiger partial charge on any atom is -0.497 e. The van der Waals surface area contributed by atoms with Crippen molar-refractivity contribution < 1.29 is 14.3 Å². The molecule has 0 spiro atoms. The van der Waals surface area contributed by atoms with E-state index < -0.39 is 6.04 Å². The smallest absolute Gasteiger partial charge is 0.322 e. The van der Waals surface area contributed by atoms with Crippen LogP contribution >= 0.6 is 0 Å². The summed E-state index contributed by atoms with van der Waals surface area (Å²) >= 11 is 0. The molecule has 2 aliphatic rings. The molecule has 146 valence electrons. The first-order valence-corrected chi connectivity index (χ1v) is 9.72. The summed E-state index contributed by atoms with van der Waals surface area (Å²) in [6.45, 7) is 2.74. The van der Waals surface area contributed by atoms with Crippen LogP contribution in [0.1, 0.15) is 24.5 Å². The van der Waals surface area contributed by atoms with E-state index in [2.05, 4.69) is 11.4 Å². The number of hydrogen-bond acceptors (Lipinski definition) is 3. The van der Waals surface area contributed by atoms with Crippen LogP contribution in [0.2, 0.25) is 0 Å². The highest BCUT2D eigenvalue weighted by Crippen LogP contribution is 2.29. The molecule has 0 aromatic heterocycles. The number of carbonyl (C=O) groups is 2. The molecule has 0 bridgehead atoms. The number of ether oxygens (including phenoxy) is 1. The summed E-state index contributed by atoms with van der Waals surface area (Å²) in [4.78, 5) is 29.1. The molecule has 1 heterocycles. The van der Waals surface area contributed by atoms with Crippen LogP contribution in [0.5, 0.6) is 5.75 Å². The number of rotatable bonds is 3. The lowest BCUT2D eigenvalue weighted by atomic mass is 10.1. The molecule has 6 heteroatoms. The molecular weight excluding hydrogens is 354 g/mol. The number of carbonyl (C=O) groups excluding carboxylic acids is 2. The number of methoxy groups -OCH3 is 1. The van der Waals surface area contributed by atoms with Gasteiger partial charge in [-0.1, -0.05) is 12.1 Å². The lowest BCUT2D eigenvalue weighted by Crippen LogP contribution is -2.58. The lowest BCUT2D eigenvalue weighted by molar-refractivity contribution is -0.123. The molecular formula is C22H25N3O3. The second-order valence-electron chi connectivity index (χ2n) is 7.28. The molecule has 2 aromatic carbocycles. The fourth-order valence-electron chi connectivity index (χ4n) is 4.09. The molecule has 1 atom stereocenters. The number of nitrogens with one attached hydrogen (secondary N) is 1. The molecule has 1 fully saturated rings. The Morgan fingerprint density at radius 1 is 1.11 bits per heavy atom. The minimum atomic E-state index is -0.521. The van der Waals surface area contributed by atoms with E-state index in [1.165, 1.54) is 11.1 Å². The topological polar surface area (TPSA) is 61.9 Å². The van der Waals surface area contributed by atoms with Crippen molar-refractivity contribution in [1.82, 2.24) is 4.90 Å². The van der Waals surface area contributed by atoms with Gasteiger partial charge in [0, 0.05) is 24.5 Å². The molecule has 1 unspecified atom stereocenters. The Bertz CT molecular complexity index is 894. The van der Waals surface area contributed by atoms with Crippen LogP contribution in [0.4, 0.5) is 16.2 Å². The van der Waals surface area contributed by atoms with Gasteiger partial charge in [0.05, 0.1) is 7.11 Å². The molecule has 1 saturated heterocycles. The van der Waals surface area contributed by atoms with Gasteiger partial charge < -0.3 is 19.9 Å². The predicted octanol–water partition coefficient (Wildman–Crippen LogP) is 3.45.